The summed E-state index contributed by atoms with van der Waals surface area (Å²) < 4.78 is 7.06. The first kappa shape index (κ1) is 10.7. The van der Waals surface area contributed by atoms with E-state index in [1.807, 2.05) is 32.0 Å². The highest BCUT2D eigenvalue weighted by Crippen LogP contribution is 2.32. The van der Waals surface area contributed by atoms with Crippen molar-refractivity contribution in [1.29, 1.82) is 0 Å². The molecule has 1 heterocycles. The zero-order valence-corrected chi connectivity index (χ0v) is 10.00. The van der Waals surface area contributed by atoms with E-state index in [0.717, 1.165) is 27.9 Å². The smallest absolute Gasteiger partial charge is 0.228 e. The summed E-state index contributed by atoms with van der Waals surface area (Å²) in [5, 5.41) is 1.03. The molecular formula is C13H15NO2. The lowest BCUT2D eigenvalue weighted by atomic mass is 10.1. The molecule has 0 aliphatic carbocycles. The highest BCUT2D eigenvalue weighted by atomic mass is 16.5. The van der Waals surface area contributed by atoms with Gasteiger partial charge in [0.15, 0.2) is 0 Å². The van der Waals surface area contributed by atoms with Crippen LogP contribution in [0.4, 0.5) is 0 Å². The fourth-order valence-electron chi connectivity index (χ4n) is 2.19. The monoisotopic (exact) mass is 217 g/mol. The Morgan fingerprint density at radius 3 is 2.56 bits per heavy atom. The van der Waals surface area contributed by atoms with Crippen LogP contribution in [-0.4, -0.2) is 17.6 Å². The van der Waals surface area contributed by atoms with Crippen molar-refractivity contribution >= 4 is 16.8 Å². The fraction of sp³-hybridized carbons (Fsp3) is 0.308. The highest BCUT2D eigenvalue weighted by Gasteiger charge is 2.16. The van der Waals surface area contributed by atoms with Crippen molar-refractivity contribution in [2.75, 3.05) is 7.11 Å². The van der Waals surface area contributed by atoms with Gasteiger partial charge in [-0.25, -0.2) is 0 Å². The Labute approximate surface area is 94.6 Å². The van der Waals surface area contributed by atoms with Gasteiger partial charge in [-0.05, 0) is 31.5 Å². The van der Waals surface area contributed by atoms with E-state index >= 15 is 0 Å². The van der Waals surface area contributed by atoms with Crippen molar-refractivity contribution in [1.82, 2.24) is 4.57 Å². The Hall–Kier alpha value is -1.77. The average Bonchev–Trinajstić information content (AvgIpc) is 2.51. The van der Waals surface area contributed by atoms with E-state index in [1.54, 1.807) is 18.6 Å². The standard InChI is InChI=1S/C13H15NO2/c1-8-9(2)14(10(3)15)11-6-5-7-12(16-4)13(8)11/h5-7H,1-4H3. The van der Waals surface area contributed by atoms with Gasteiger partial charge < -0.3 is 4.74 Å². The van der Waals surface area contributed by atoms with Gasteiger partial charge >= 0.3 is 0 Å². The molecule has 0 saturated heterocycles. The molecule has 0 radical (unpaired) electrons. The lowest BCUT2D eigenvalue weighted by Crippen LogP contribution is -2.06. The Morgan fingerprint density at radius 2 is 2.00 bits per heavy atom. The number of carbonyl (C=O) groups is 1. The zero-order chi connectivity index (χ0) is 11.9. The number of aromatic nitrogens is 1. The van der Waals surface area contributed by atoms with Crippen molar-refractivity contribution in [2.45, 2.75) is 20.8 Å². The summed E-state index contributed by atoms with van der Waals surface area (Å²) in [6.07, 6.45) is 0. The Balaban J connectivity index is 2.95. The van der Waals surface area contributed by atoms with Crippen LogP contribution in [0.3, 0.4) is 0 Å². The summed E-state index contributed by atoms with van der Waals surface area (Å²) in [5.74, 6) is 0.849. The molecule has 3 heteroatoms. The van der Waals surface area contributed by atoms with Crippen molar-refractivity contribution in [3.63, 3.8) is 0 Å². The Kier molecular flexibility index (Phi) is 2.46. The molecular weight excluding hydrogens is 202 g/mol. The predicted octanol–water partition coefficient (Wildman–Crippen LogP) is 2.93. The molecule has 84 valence electrons. The van der Waals surface area contributed by atoms with Crippen molar-refractivity contribution < 1.29 is 9.53 Å². The van der Waals surface area contributed by atoms with Gasteiger partial charge in [-0.1, -0.05) is 6.07 Å². The minimum Gasteiger partial charge on any atom is -0.496 e. The van der Waals surface area contributed by atoms with E-state index in [4.69, 9.17) is 4.74 Å². The summed E-state index contributed by atoms with van der Waals surface area (Å²) in [6, 6.07) is 5.76. The molecule has 0 fully saturated rings. The normalized spacial score (nSPS) is 10.8. The second-order valence-corrected chi connectivity index (χ2v) is 3.92. The minimum absolute atomic E-state index is 0.0313. The van der Waals surface area contributed by atoms with Gasteiger partial charge in [0.2, 0.25) is 5.91 Å². The van der Waals surface area contributed by atoms with E-state index < -0.39 is 0 Å². The molecule has 0 atom stereocenters. The van der Waals surface area contributed by atoms with Crippen LogP contribution >= 0.6 is 0 Å². The van der Waals surface area contributed by atoms with Crippen LogP contribution in [0.15, 0.2) is 18.2 Å². The van der Waals surface area contributed by atoms with Crippen molar-refractivity contribution in [3.05, 3.63) is 29.5 Å². The van der Waals surface area contributed by atoms with Crippen LogP contribution in [0.1, 0.15) is 23.0 Å². The van der Waals surface area contributed by atoms with Gasteiger partial charge in [0, 0.05) is 18.0 Å². The van der Waals surface area contributed by atoms with Gasteiger partial charge in [0.1, 0.15) is 5.75 Å². The van der Waals surface area contributed by atoms with E-state index in [0.29, 0.717) is 0 Å². The molecule has 0 bridgehead atoms. The van der Waals surface area contributed by atoms with Crippen molar-refractivity contribution in [3.8, 4) is 5.75 Å². The summed E-state index contributed by atoms with van der Waals surface area (Å²) in [5.41, 5.74) is 3.00. The first-order chi connectivity index (χ1) is 7.57. The van der Waals surface area contributed by atoms with Gasteiger partial charge in [-0.2, -0.15) is 0 Å². The molecule has 3 nitrogen and oxygen atoms in total. The molecule has 2 aromatic rings. The first-order valence-corrected chi connectivity index (χ1v) is 5.23. The van der Waals surface area contributed by atoms with Crippen LogP contribution in [0.25, 0.3) is 10.9 Å². The SMILES string of the molecule is COc1cccc2c1c(C)c(C)n2C(C)=O. The predicted molar refractivity (Wildman–Crippen MR) is 64.3 cm³/mol. The molecule has 1 aromatic heterocycles. The number of hydrogen-bond donors (Lipinski definition) is 0. The maximum absolute atomic E-state index is 11.6. The zero-order valence-electron chi connectivity index (χ0n) is 10.00. The van der Waals surface area contributed by atoms with Crippen LogP contribution in [0, 0.1) is 13.8 Å². The van der Waals surface area contributed by atoms with E-state index in [2.05, 4.69) is 0 Å². The number of fused-ring (bicyclic) bond motifs is 1. The number of carbonyl (C=O) groups excluding carboxylic acids is 1. The molecule has 0 saturated carbocycles. The number of methoxy groups -OCH3 is 1. The van der Waals surface area contributed by atoms with Gasteiger partial charge in [0.05, 0.1) is 12.6 Å². The molecule has 0 amide bonds. The maximum atomic E-state index is 11.6. The summed E-state index contributed by atoms with van der Waals surface area (Å²) in [4.78, 5) is 11.6. The van der Waals surface area contributed by atoms with E-state index in [1.165, 1.54) is 0 Å². The second kappa shape index (κ2) is 3.67. The molecule has 0 aliphatic rings. The summed E-state index contributed by atoms with van der Waals surface area (Å²) >= 11 is 0. The van der Waals surface area contributed by atoms with E-state index in [-0.39, 0.29) is 5.91 Å². The lowest BCUT2D eigenvalue weighted by molar-refractivity contribution is 0.0939. The van der Waals surface area contributed by atoms with Crippen molar-refractivity contribution in [2.24, 2.45) is 0 Å². The molecule has 1 aromatic carbocycles. The van der Waals surface area contributed by atoms with Gasteiger partial charge in [0.25, 0.3) is 0 Å². The number of rotatable bonds is 1. The number of aryl methyl sites for hydroxylation is 1. The fourth-order valence-corrected chi connectivity index (χ4v) is 2.19. The van der Waals surface area contributed by atoms with Crippen LogP contribution in [0.5, 0.6) is 5.75 Å². The molecule has 0 spiro atoms. The van der Waals surface area contributed by atoms with Gasteiger partial charge in [-0.15, -0.1) is 0 Å². The molecule has 0 aliphatic heterocycles. The quantitative estimate of drug-likeness (QED) is 0.735. The summed E-state index contributed by atoms with van der Waals surface area (Å²) in [7, 11) is 1.65. The second-order valence-electron chi connectivity index (χ2n) is 3.92. The van der Waals surface area contributed by atoms with Crippen LogP contribution in [0.2, 0.25) is 0 Å². The summed E-state index contributed by atoms with van der Waals surface area (Å²) in [6.45, 7) is 5.54. The lowest BCUT2D eigenvalue weighted by Gasteiger charge is -2.03. The van der Waals surface area contributed by atoms with Crippen LogP contribution < -0.4 is 4.74 Å². The van der Waals surface area contributed by atoms with Crippen LogP contribution in [-0.2, 0) is 0 Å². The third-order valence-electron chi connectivity index (χ3n) is 3.03. The topological polar surface area (TPSA) is 31.2 Å². The first-order valence-electron chi connectivity index (χ1n) is 5.23. The largest absolute Gasteiger partial charge is 0.496 e. The number of benzene rings is 1. The maximum Gasteiger partial charge on any atom is 0.228 e. The minimum atomic E-state index is 0.0313. The average molecular weight is 217 g/mol. The molecule has 0 N–H and O–H groups in total. The number of hydrogen-bond acceptors (Lipinski definition) is 2. The highest BCUT2D eigenvalue weighted by molar-refractivity contribution is 5.98. The molecule has 2 rings (SSSR count). The molecule has 16 heavy (non-hydrogen) atoms. The van der Waals surface area contributed by atoms with E-state index in [9.17, 15) is 4.79 Å². The Bertz CT molecular complexity index is 567. The molecule has 0 unspecified atom stereocenters. The third kappa shape index (κ3) is 1.32. The third-order valence-corrected chi connectivity index (χ3v) is 3.03. The van der Waals surface area contributed by atoms with Gasteiger partial charge in [-0.3, -0.25) is 9.36 Å². The Morgan fingerprint density at radius 1 is 1.31 bits per heavy atom. The number of nitrogens with zero attached hydrogens (tertiary/aromatic N) is 1. The number of ether oxygens (including phenoxy) is 1.